The number of alkyl halides is 1. The Balaban J connectivity index is 1.60. The van der Waals surface area contributed by atoms with E-state index < -0.39 is 20.6 Å². The minimum Gasteiger partial charge on any atom is -0.445 e. The fourth-order valence-electron chi connectivity index (χ4n) is 4.17. The van der Waals surface area contributed by atoms with Crippen LogP contribution in [0.4, 0.5) is 9.18 Å². The van der Waals surface area contributed by atoms with E-state index in [0.29, 0.717) is 0 Å². The molecule has 0 aliphatic heterocycles. The van der Waals surface area contributed by atoms with Crippen LogP contribution in [0.3, 0.4) is 0 Å². The molecule has 0 fully saturated rings. The number of alkyl carbamates (subject to hydrolysis) is 1. The van der Waals surface area contributed by atoms with E-state index in [0.717, 1.165) is 15.9 Å². The Morgan fingerprint density at radius 1 is 0.882 bits per heavy atom. The van der Waals surface area contributed by atoms with Gasteiger partial charge >= 0.3 is 6.09 Å². The number of amides is 1. The minimum atomic E-state index is -2.69. The van der Waals surface area contributed by atoms with Gasteiger partial charge in [-0.15, -0.1) is 0 Å². The lowest BCUT2D eigenvalue weighted by Gasteiger charge is -2.43. The van der Waals surface area contributed by atoms with Crippen molar-refractivity contribution >= 4 is 24.8 Å². The van der Waals surface area contributed by atoms with Gasteiger partial charge in [-0.2, -0.15) is 0 Å². The fraction of sp³-hybridized carbons (Fsp3) is 0.321. The first kappa shape index (κ1) is 25.7. The molecule has 0 bridgehead atoms. The second-order valence-corrected chi connectivity index (χ2v) is 13.6. The molecule has 0 aliphatic rings. The zero-order chi connectivity index (χ0) is 24.4. The predicted molar refractivity (Wildman–Crippen MR) is 138 cm³/mol. The van der Waals surface area contributed by atoms with Gasteiger partial charge in [0.15, 0.2) is 0 Å². The van der Waals surface area contributed by atoms with E-state index in [1.54, 1.807) is 0 Å². The van der Waals surface area contributed by atoms with Gasteiger partial charge in [0.25, 0.3) is 8.32 Å². The maximum Gasteiger partial charge on any atom is 0.407 e. The second kappa shape index (κ2) is 11.9. The van der Waals surface area contributed by atoms with Gasteiger partial charge in [0.2, 0.25) is 0 Å². The van der Waals surface area contributed by atoms with Gasteiger partial charge < -0.3 is 14.5 Å². The third-order valence-corrected chi connectivity index (χ3v) is 10.9. The van der Waals surface area contributed by atoms with Crippen molar-refractivity contribution in [2.75, 3.05) is 13.2 Å². The van der Waals surface area contributed by atoms with Crippen LogP contribution in [0, 0.1) is 0 Å². The normalized spacial score (nSPS) is 12.7. The van der Waals surface area contributed by atoms with Crippen molar-refractivity contribution in [1.29, 1.82) is 0 Å². The van der Waals surface area contributed by atoms with Crippen LogP contribution >= 0.6 is 0 Å². The van der Waals surface area contributed by atoms with Gasteiger partial charge in [0.1, 0.15) is 12.8 Å². The van der Waals surface area contributed by atoms with Crippen LogP contribution in [0.15, 0.2) is 91.0 Å². The highest BCUT2D eigenvalue weighted by Gasteiger charge is 2.50. The number of benzene rings is 3. The first-order valence-electron chi connectivity index (χ1n) is 11.7. The molecule has 0 saturated heterocycles. The number of ether oxygens (including phenoxy) is 1. The van der Waals surface area contributed by atoms with E-state index in [1.165, 1.54) is 0 Å². The Morgan fingerprint density at radius 3 is 1.88 bits per heavy atom. The Bertz CT molecular complexity index is 971. The summed E-state index contributed by atoms with van der Waals surface area (Å²) in [6, 6.07) is 29.9. The summed E-state index contributed by atoms with van der Waals surface area (Å²) >= 11 is 0. The highest BCUT2D eigenvalue weighted by molar-refractivity contribution is 6.99. The lowest BCUT2D eigenvalue weighted by atomic mass is 10.2. The first-order valence-corrected chi connectivity index (χ1v) is 13.6. The Labute approximate surface area is 203 Å². The summed E-state index contributed by atoms with van der Waals surface area (Å²) < 4.78 is 26.5. The Morgan fingerprint density at radius 2 is 1.38 bits per heavy atom. The van der Waals surface area contributed by atoms with Crippen LogP contribution in [0.2, 0.25) is 5.04 Å². The third-order valence-electron chi connectivity index (χ3n) is 5.85. The van der Waals surface area contributed by atoms with E-state index >= 15 is 0 Å². The van der Waals surface area contributed by atoms with Gasteiger partial charge in [-0.05, 0) is 21.0 Å². The number of hydrogen-bond donors (Lipinski definition) is 1. The molecule has 1 unspecified atom stereocenters. The molecule has 1 N–H and O–H groups in total. The molecule has 6 heteroatoms. The topological polar surface area (TPSA) is 47.6 Å². The van der Waals surface area contributed by atoms with Gasteiger partial charge in [-0.3, -0.25) is 0 Å². The lowest BCUT2D eigenvalue weighted by Crippen LogP contribution is -2.66. The van der Waals surface area contributed by atoms with Gasteiger partial charge in [0.05, 0.1) is 6.54 Å². The van der Waals surface area contributed by atoms with Gasteiger partial charge in [-0.1, -0.05) is 112 Å². The largest absolute Gasteiger partial charge is 0.445 e. The van der Waals surface area contributed by atoms with Crippen LogP contribution in [-0.2, 0) is 15.8 Å². The first-order chi connectivity index (χ1) is 16.3. The summed E-state index contributed by atoms with van der Waals surface area (Å²) in [6.45, 7) is 6.87. The molecular formula is C28H34FNO3Si. The average Bonchev–Trinajstić information content (AvgIpc) is 2.85. The monoisotopic (exact) mass is 479 g/mol. The zero-order valence-corrected chi connectivity index (χ0v) is 21.2. The number of rotatable bonds is 10. The molecular weight excluding hydrogens is 445 g/mol. The lowest BCUT2D eigenvalue weighted by molar-refractivity contribution is 0.134. The quantitative estimate of drug-likeness (QED) is 0.406. The Kier molecular flexibility index (Phi) is 9.02. The van der Waals surface area contributed by atoms with Crippen molar-refractivity contribution in [2.24, 2.45) is 0 Å². The SMILES string of the molecule is CC(C)(C)[Si](OCCC(F)CNC(=O)OCc1ccccc1)(c1ccccc1)c1ccccc1. The molecule has 0 heterocycles. The molecule has 0 spiro atoms. The molecule has 4 nitrogen and oxygen atoms in total. The number of nitrogens with one attached hydrogen (secondary N) is 1. The molecule has 0 aliphatic carbocycles. The maximum absolute atomic E-state index is 14.7. The highest BCUT2D eigenvalue weighted by Crippen LogP contribution is 2.36. The van der Waals surface area contributed by atoms with Crippen molar-refractivity contribution in [1.82, 2.24) is 5.32 Å². The zero-order valence-electron chi connectivity index (χ0n) is 20.2. The third kappa shape index (κ3) is 6.55. The average molecular weight is 480 g/mol. The highest BCUT2D eigenvalue weighted by atomic mass is 28.4. The van der Waals surface area contributed by atoms with Crippen molar-refractivity contribution in [3.63, 3.8) is 0 Å². The van der Waals surface area contributed by atoms with Crippen molar-refractivity contribution in [2.45, 2.75) is 45.0 Å². The number of hydrogen-bond acceptors (Lipinski definition) is 3. The van der Waals surface area contributed by atoms with Crippen LogP contribution in [-0.4, -0.2) is 33.7 Å². The van der Waals surface area contributed by atoms with Crippen molar-refractivity contribution in [3.8, 4) is 0 Å². The molecule has 180 valence electrons. The van der Waals surface area contributed by atoms with Crippen LogP contribution in [0.25, 0.3) is 0 Å². The van der Waals surface area contributed by atoms with E-state index in [1.807, 2.05) is 66.7 Å². The summed E-state index contributed by atoms with van der Waals surface area (Å²) in [7, 11) is -2.69. The molecule has 3 aromatic rings. The molecule has 34 heavy (non-hydrogen) atoms. The van der Waals surface area contributed by atoms with E-state index in [9.17, 15) is 9.18 Å². The predicted octanol–water partition coefficient (Wildman–Crippen LogP) is 5.22. The number of halogens is 1. The maximum atomic E-state index is 14.7. The standard InChI is InChI=1S/C28H34FNO3Si/c1-28(2,3)34(25-15-9-5-10-16-25,26-17-11-6-12-18-26)33-20-19-24(29)21-30-27(31)32-22-23-13-7-4-8-14-23/h4-18,24H,19-22H2,1-3H3,(H,30,31). The molecule has 1 amide bonds. The summed E-state index contributed by atoms with van der Waals surface area (Å²) in [5.74, 6) is 0. The molecule has 3 aromatic carbocycles. The van der Waals surface area contributed by atoms with Crippen LogP contribution < -0.4 is 15.7 Å². The summed E-state index contributed by atoms with van der Waals surface area (Å²) in [4.78, 5) is 11.9. The number of carbonyl (C=O) groups is 1. The smallest absolute Gasteiger partial charge is 0.407 e. The molecule has 0 aromatic heterocycles. The van der Waals surface area contributed by atoms with Gasteiger partial charge in [0, 0.05) is 13.0 Å². The van der Waals surface area contributed by atoms with Gasteiger partial charge in [-0.25, -0.2) is 9.18 Å². The molecule has 0 radical (unpaired) electrons. The van der Waals surface area contributed by atoms with Crippen molar-refractivity contribution in [3.05, 3.63) is 96.6 Å². The summed E-state index contributed by atoms with van der Waals surface area (Å²) in [5.41, 5.74) is 0.883. The van der Waals surface area contributed by atoms with Crippen LogP contribution in [0.1, 0.15) is 32.8 Å². The fourth-order valence-corrected chi connectivity index (χ4v) is 8.75. The number of carbonyl (C=O) groups excluding carboxylic acids is 1. The van der Waals surface area contributed by atoms with E-state index in [2.05, 4.69) is 50.4 Å². The second-order valence-electron chi connectivity index (χ2n) is 9.34. The Hall–Kier alpha value is -2.96. The van der Waals surface area contributed by atoms with Crippen molar-refractivity contribution < 1.29 is 18.3 Å². The molecule has 3 rings (SSSR count). The minimum absolute atomic E-state index is 0.113. The summed E-state index contributed by atoms with van der Waals surface area (Å²) in [5, 5.41) is 4.67. The molecule has 1 atom stereocenters. The van der Waals surface area contributed by atoms with E-state index in [-0.39, 0.29) is 31.2 Å². The van der Waals surface area contributed by atoms with Crippen LogP contribution in [0.5, 0.6) is 0 Å². The van der Waals surface area contributed by atoms with E-state index in [4.69, 9.17) is 9.16 Å². The molecule has 0 saturated carbocycles. The summed E-state index contributed by atoms with van der Waals surface area (Å²) in [6.07, 6.45) is -1.68.